The topological polar surface area (TPSA) is 29.5 Å². The first kappa shape index (κ1) is 32.8. The Hall–Kier alpha value is -5.80. The molecule has 54 heavy (non-hydrogen) atoms. The van der Waals surface area contributed by atoms with E-state index in [1.54, 1.807) is 0 Å². The van der Waals surface area contributed by atoms with Crippen LogP contribution >= 0.6 is 0 Å². The molecular weight excluding hydrogens is 659 g/mol. The first-order chi connectivity index (χ1) is 25.8. The molecule has 3 heteroatoms. The fourth-order valence-electron chi connectivity index (χ4n) is 9.10. The van der Waals surface area contributed by atoms with E-state index in [1.165, 1.54) is 44.2 Å². The number of nitrogens with zero attached hydrogens (tertiary/aromatic N) is 1. The second-order valence-corrected chi connectivity index (χ2v) is 17.8. The largest absolute Gasteiger partial charge is 0.456 e. The number of furan rings is 2. The van der Waals surface area contributed by atoms with Gasteiger partial charge in [0.2, 0.25) is 0 Å². The molecule has 2 heterocycles. The first-order valence-electron chi connectivity index (χ1n) is 19.2. The van der Waals surface area contributed by atoms with Gasteiger partial charge >= 0.3 is 0 Å². The lowest BCUT2D eigenvalue weighted by atomic mass is 9.78. The van der Waals surface area contributed by atoms with Gasteiger partial charge in [-0.1, -0.05) is 134 Å². The van der Waals surface area contributed by atoms with Gasteiger partial charge in [-0.15, -0.1) is 0 Å². The normalized spacial score (nSPS) is 14.1. The van der Waals surface area contributed by atoms with E-state index in [0.717, 1.165) is 60.9 Å². The van der Waals surface area contributed by atoms with Gasteiger partial charge in [0.05, 0.1) is 22.1 Å². The summed E-state index contributed by atoms with van der Waals surface area (Å²) < 4.78 is 13.7. The lowest BCUT2D eigenvalue weighted by Crippen LogP contribution is -2.17. The molecule has 0 saturated heterocycles. The van der Waals surface area contributed by atoms with Crippen molar-refractivity contribution in [3.05, 3.63) is 150 Å². The van der Waals surface area contributed by atoms with Gasteiger partial charge in [0.15, 0.2) is 0 Å². The molecule has 0 atom stereocenters. The van der Waals surface area contributed by atoms with Crippen LogP contribution in [-0.4, -0.2) is 0 Å². The minimum atomic E-state index is -0.155. The third-order valence-corrected chi connectivity index (χ3v) is 11.9. The molecule has 0 bridgehead atoms. The number of anilines is 3. The van der Waals surface area contributed by atoms with Crippen molar-refractivity contribution < 1.29 is 8.83 Å². The van der Waals surface area contributed by atoms with Crippen molar-refractivity contribution in [2.75, 3.05) is 4.90 Å². The van der Waals surface area contributed by atoms with Gasteiger partial charge in [-0.25, -0.2) is 0 Å². The Labute approximate surface area is 316 Å². The van der Waals surface area contributed by atoms with Crippen molar-refractivity contribution in [3.8, 4) is 11.1 Å². The Kier molecular flexibility index (Phi) is 6.76. The fourth-order valence-corrected chi connectivity index (χ4v) is 9.10. The zero-order valence-electron chi connectivity index (χ0n) is 32.4. The summed E-state index contributed by atoms with van der Waals surface area (Å²) in [6.07, 6.45) is 0. The number of benzene rings is 7. The molecule has 7 aromatic carbocycles. The number of hydrogen-bond acceptors (Lipinski definition) is 3. The summed E-state index contributed by atoms with van der Waals surface area (Å²) in [5.41, 5.74) is 14.4. The molecular formula is C51H45NO2. The van der Waals surface area contributed by atoms with Gasteiger partial charge in [0, 0.05) is 27.3 Å². The second-order valence-electron chi connectivity index (χ2n) is 17.8. The molecule has 266 valence electrons. The Morgan fingerprint density at radius 1 is 0.500 bits per heavy atom. The van der Waals surface area contributed by atoms with E-state index in [9.17, 15) is 0 Å². The van der Waals surface area contributed by atoms with Gasteiger partial charge in [-0.05, 0) is 98.1 Å². The van der Waals surface area contributed by atoms with E-state index in [4.69, 9.17) is 8.83 Å². The molecule has 0 amide bonds. The molecule has 9 aromatic rings. The standard InChI is InChI=1S/C51H45NO2/c1-49(2,3)31-27-39(50(4,5)6)46-44(28-31)53-43-22-14-20-41(47(43)46)52(32-24-26-35-34-17-11-12-18-37(34)51(7,8)38(35)29-32)40-19-13-21-42-45(40)36-25-23-30-15-9-10-16-33(30)48(36)54-42/h9-29H,1-8H3. The van der Waals surface area contributed by atoms with Crippen LogP contribution < -0.4 is 4.90 Å². The minimum absolute atomic E-state index is 0.0288. The molecule has 0 saturated carbocycles. The Balaban J connectivity index is 1.33. The van der Waals surface area contributed by atoms with Crippen molar-refractivity contribution in [2.45, 2.75) is 71.6 Å². The fraction of sp³-hybridized carbons (Fsp3) is 0.216. The predicted molar refractivity (Wildman–Crippen MR) is 228 cm³/mol. The van der Waals surface area contributed by atoms with E-state index in [1.807, 2.05) is 0 Å². The van der Waals surface area contributed by atoms with Crippen LogP contribution in [0.5, 0.6) is 0 Å². The summed E-state index contributed by atoms with van der Waals surface area (Å²) in [6, 6.07) is 46.6. The third-order valence-electron chi connectivity index (χ3n) is 11.9. The Bertz CT molecular complexity index is 2990. The number of hydrogen-bond donors (Lipinski definition) is 0. The average molecular weight is 704 g/mol. The van der Waals surface area contributed by atoms with Crippen LogP contribution in [-0.2, 0) is 16.2 Å². The minimum Gasteiger partial charge on any atom is -0.456 e. The monoisotopic (exact) mass is 703 g/mol. The molecule has 0 unspecified atom stereocenters. The molecule has 0 N–H and O–H groups in total. The van der Waals surface area contributed by atoms with E-state index in [2.05, 4.69) is 188 Å². The highest BCUT2D eigenvalue weighted by Gasteiger charge is 2.36. The molecule has 10 rings (SSSR count). The van der Waals surface area contributed by atoms with Crippen LogP contribution in [0.3, 0.4) is 0 Å². The molecule has 1 aliphatic carbocycles. The zero-order chi connectivity index (χ0) is 37.3. The predicted octanol–water partition coefficient (Wildman–Crippen LogP) is 15.0. The maximum Gasteiger partial charge on any atom is 0.143 e. The summed E-state index contributed by atoms with van der Waals surface area (Å²) in [5.74, 6) is 0. The summed E-state index contributed by atoms with van der Waals surface area (Å²) in [7, 11) is 0. The van der Waals surface area contributed by atoms with Crippen molar-refractivity contribution in [1.29, 1.82) is 0 Å². The van der Waals surface area contributed by atoms with E-state index >= 15 is 0 Å². The van der Waals surface area contributed by atoms with Crippen molar-refractivity contribution >= 4 is 71.7 Å². The van der Waals surface area contributed by atoms with E-state index in [-0.39, 0.29) is 16.2 Å². The number of fused-ring (bicyclic) bond motifs is 11. The molecule has 0 spiro atoms. The SMILES string of the molecule is CC(C)(C)c1cc(C(C)(C)C)c2c(c1)oc1cccc(N(c3ccc4c(c3)C(C)(C)c3ccccc3-4)c3cccc4oc5c6ccccc6ccc5c34)c12. The smallest absolute Gasteiger partial charge is 0.143 e. The van der Waals surface area contributed by atoms with Crippen molar-refractivity contribution in [3.63, 3.8) is 0 Å². The highest BCUT2D eigenvalue weighted by molar-refractivity contribution is 6.21. The highest BCUT2D eigenvalue weighted by atomic mass is 16.3. The Morgan fingerprint density at radius 3 is 1.94 bits per heavy atom. The van der Waals surface area contributed by atoms with Crippen LogP contribution in [0.2, 0.25) is 0 Å². The third kappa shape index (κ3) is 4.67. The summed E-state index contributed by atoms with van der Waals surface area (Å²) in [5, 5.41) is 6.78. The quantitative estimate of drug-likeness (QED) is 0.183. The maximum atomic E-state index is 6.88. The molecule has 0 aliphatic heterocycles. The zero-order valence-corrected chi connectivity index (χ0v) is 32.4. The van der Waals surface area contributed by atoms with E-state index in [0.29, 0.717) is 0 Å². The van der Waals surface area contributed by atoms with E-state index < -0.39 is 0 Å². The molecule has 0 fully saturated rings. The van der Waals surface area contributed by atoms with Gasteiger partial charge in [-0.2, -0.15) is 0 Å². The lowest BCUT2D eigenvalue weighted by Gasteiger charge is -2.30. The van der Waals surface area contributed by atoms with Gasteiger partial charge < -0.3 is 13.7 Å². The Morgan fingerprint density at radius 2 is 1.19 bits per heavy atom. The summed E-state index contributed by atoms with van der Waals surface area (Å²) >= 11 is 0. The molecule has 1 aliphatic rings. The molecule has 3 nitrogen and oxygen atoms in total. The molecule has 2 aromatic heterocycles. The van der Waals surface area contributed by atoms with Crippen molar-refractivity contribution in [2.24, 2.45) is 0 Å². The van der Waals surface area contributed by atoms with Crippen molar-refractivity contribution in [1.82, 2.24) is 0 Å². The molecule has 0 radical (unpaired) electrons. The van der Waals surface area contributed by atoms with Crippen LogP contribution in [0, 0.1) is 0 Å². The van der Waals surface area contributed by atoms with Crippen LogP contribution in [0.15, 0.2) is 136 Å². The maximum absolute atomic E-state index is 6.88. The summed E-state index contributed by atoms with van der Waals surface area (Å²) in [6.45, 7) is 18.5. The van der Waals surface area contributed by atoms with Gasteiger partial charge in [0.1, 0.15) is 22.3 Å². The highest BCUT2D eigenvalue weighted by Crippen LogP contribution is 2.53. The van der Waals surface area contributed by atoms with Crippen LogP contribution in [0.25, 0.3) is 65.8 Å². The lowest BCUT2D eigenvalue weighted by molar-refractivity contribution is 0.569. The second kappa shape index (κ2) is 11.1. The van der Waals surface area contributed by atoms with Crippen LogP contribution in [0.4, 0.5) is 17.1 Å². The number of rotatable bonds is 3. The van der Waals surface area contributed by atoms with Crippen LogP contribution in [0.1, 0.15) is 77.6 Å². The van der Waals surface area contributed by atoms with Gasteiger partial charge in [-0.3, -0.25) is 0 Å². The van der Waals surface area contributed by atoms with Gasteiger partial charge in [0.25, 0.3) is 0 Å². The first-order valence-corrected chi connectivity index (χ1v) is 19.2. The average Bonchev–Trinajstić information content (AvgIpc) is 3.79. The summed E-state index contributed by atoms with van der Waals surface area (Å²) in [4.78, 5) is 2.47.